The highest BCUT2D eigenvalue weighted by Gasteiger charge is 2.08. The third-order valence-electron chi connectivity index (χ3n) is 1.76. The number of aliphatic imine (C=N–C) groups is 1. The molecule has 1 aromatic rings. The Balaban J connectivity index is 2.79. The average molecular weight is 206 g/mol. The minimum atomic E-state index is -0.173. The fourth-order valence-corrected chi connectivity index (χ4v) is 1.12. The molecule has 0 atom stereocenters. The summed E-state index contributed by atoms with van der Waals surface area (Å²) in [5.74, 6) is 0.415. The number of aryl methyl sites for hydroxylation is 1. The van der Waals surface area contributed by atoms with Crippen LogP contribution < -0.4 is 11.1 Å². The van der Waals surface area contributed by atoms with Crippen molar-refractivity contribution in [3.63, 3.8) is 0 Å². The lowest BCUT2D eigenvalue weighted by molar-refractivity contribution is 0.583. The summed E-state index contributed by atoms with van der Waals surface area (Å²) in [4.78, 5) is 8.32. The van der Waals surface area contributed by atoms with Gasteiger partial charge in [-0.25, -0.2) is 4.99 Å². The molecule has 0 spiro atoms. The summed E-state index contributed by atoms with van der Waals surface area (Å²) in [7, 11) is 0. The highest BCUT2D eigenvalue weighted by molar-refractivity contribution is 5.93. The number of nitrogens with two attached hydrogens (primary N) is 1. The number of aromatic nitrogens is 1. The third-order valence-corrected chi connectivity index (χ3v) is 1.76. The molecule has 1 heterocycles. The molecule has 0 radical (unpaired) electrons. The molecule has 0 amide bonds. The summed E-state index contributed by atoms with van der Waals surface area (Å²) in [6.45, 7) is 7.99. The molecule has 4 nitrogen and oxygen atoms in total. The van der Waals surface area contributed by atoms with Gasteiger partial charge in [0, 0.05) is 6.20 Å². The van der Waals surface area contributed by atoms with Crippen molar-refractivity contribution in [2.45, 2.75) is 33.2 Å². The number of hydrogen-bond donors (Lipinski definition) is 2. The van der Waals surface area contributed by atoms with Gasteiger partial charge in [-0.1, -0.05) is 0 Å². The summed E-state index contributed by atoms with van der Waals surface area (Å²) in [6.07, 6.45) is 3.48. The van der Waals surface area contributed by atoms with Crippen molar-refractivity contribution in [2.24, 2.45) is 10.7 Å². The van der Waals surface area contributed by atoms with Crippen LogP contribution in [0, 0.1) is 6.92 Å². The Bertz CT molecular complexity index is 363. The van der Waals surface area contributed by atoms with Gasteiger partial charge in [0.25, 0.3) is 0 Å². The van der Waals surface area contributed by atoms with Crippen LogP contribution in [0.1, 0.15) is 26.3 Å². The van der Waals surface area contributed by atoms with Gasteiger partial charge in [0.05, 0.1) is 17.4 Å². The van der Waals surface area contributed by atoms with E-state index in [4.69, 9.17) is 5.73 Å². The lowest BCUT2D eigenvalue weighted by atomic mass is 10.1. The number of hydrogen-bond acceptors (Lipinski definition) is 2. The second kappa shape index (κ2) is 4.29. The minimum Gasteiger partial charge on any atom is -0.370 e. The van der Waals surface area contributed by atoms with Crippen LogP contribution in [0.5, 0.6) is 0 Å². The predicted molar refractivity (Wildman–Crippen MR) is 64.0 cm³/mol. The topological polar surface area (TPSA) is 63.3 Å². The zero-order valence-electron chi connectivity index (χ0n) is 9.70. The van der Waals surface area contributed by atoms with Crippen LogP contribution in [-0.2, 0) is 0 Å². The molecule has 0 aliphatic heterocycles. The summed E-state index contributed by atoms with van der Waals surface area (Å²) in [6, 6.07) is 1.92. The maximum absolute atomic E-state index is 5.77. The van der Waals surface area contributed by atoms with Gasteiger partial charge in [-0.3, -0.25) is 4.98 Å². The molecule has 0 aromatic carbocycles. The van der Waals surface area contributed by atoms with Crippen LogP contribution >= 0.6 is 0 Å². The zero-order valence-corrected chi connectivity index (χ0v) is 9.70. The van der Waals surface area contributed by atoms with Crippen molar-refractivity contribution in [1.29, 1.82) is 0 Å². The fraction of sp³-hybridized carbons (Fsp3) is 0.455. The predicted octanol–water partition coefficient (Wildman–Crippen LogP) is 1.92. The number of anilines is 1. The minimum absolute atomic E-state index is 0.173. The van der Waals surface area contributed by atoms with E-state index in [2.05, 4.69) is 15.3 Å². The molecule has 1 rings (SSSR count). The van der Waals surface area contributed by atoms with E-state index in [1.165, 1.54) is 0 Å². The van der Waals surface area contributed by atoms with Crippen LogP contribution in [0.25, 0.3) is 0 Å². The van der Waals surface area contributed by atoms with Gasteiger partial charge in [0.2, 0.25) is 0 Å². The Morgan fingerprint density at radius 1 is 1.47 bits per heavy atom. The van der Waals surface area contributed by atoms with Crippen molar-refractivity contribution >= 4 is 11.6 Å². The van der Waals surface area contributed by atoms with Crippen molar-refractivity contribution in [3.05, 3.63) is 24.0 Å². The Kier molecular flexibility index (Phi) is 3.29. The second-order valence-electron chi connectivity index (χ2n) is 4.48. The number of pyridine rings is 1. The first-order chi connectivity index (χ1) is 6.88. The molecule has 0 saturated carbocycles. The first kappa shape index (κ1) is 11.5. The molecule has 82 valence electrons. The molecule has 0 fully saturated rings. The van der Waals surface area contributed by atoms with Crippen molar-refractivity contribution in [1.82, 2.24) is 4.98 Å². The largest absolute Gasteiger partial charge is 0.370 e. The Labute approximate surface area is 90.6 Å². The maximum atomic E-state index is 5.77. The Morgan fingerprint density at radius 2 is 2.13 bits per heavy atom. The van der Waals surface area contributed by atoms with Crippen LogP contribution in [0.15, 0.2) is 23.5 Å². The van der Waals surface area contributed by atoms with Gasteiger partial charge >= 0.3 is 0 Å². The van der Waals surface area contributed by atoms with Gasteiger partial charge in [-0.05, 0) is 39.3 Å². The van der Waals surface area contributed by atoms with E-state index in [9.17, 15) is 0 Å². The number of guanidine groups is 1. The normalized spacial score (nSPS) is 12.7. The fourth-order valence-electron chi connectivity index (χ4n) is 1.12. The maximum Gasteiger partial charge on any atom is 0.193 e. The van der Waals surface area contributed by atoms with Crippen LogP contribution in [0.3, 0.4) is 0 Å². The Hall–Kier alpha value is -1.58. The lowest BCUT2D eigenvalue weighted by Gasteiger charge is -2.15. The SMILES string of the molecule is Cc1ccncc1NC(N)=NC(C)(C)C. The first-order valence-corrected chi connectivity index (χ1v) is 4.91. The van der Waals surface area contributed by atoms with Crippen molar-refractivity contribution in [2.75, 3.05) is 5.32 Å². The quantitative estimate of drug-likeness (QED) is 0.545. The summed E-state index contributed by atoms with van der Waals surface area (Å²) < 4.78 is 0. The third kappa shape index (κ3) is 3.97. The summed E-state index contributed by atoms with van der Waals surface area (Å²) in [5, 5.41) is 3.03. The van der Waals surface area contributed by atoms with E-state index in [1.807, 2.05) is 33.8 Å². The molecule has 0 aliphatic carbocycles. The van der Waals surface area contributed by atoms with E-state index >= 15 is 0 Å². The van der Waals surface area contributed by atoms with Crippen LogP contribution in [0.4, 0.5) is 5.69 Å². The summed E-state index contributed by atoms with van der Waals surface area (Å²) in [5.41, 5.74) is 7.58. The number of rotatable bonds is 1. The van der Waals surface area contributed by atoms with E-state index in [0.29, 0.717) is 5.96 Å². The van der Waals surface area contributed by atoms with Gasteiger partial charge < -0.3 is 11.1 Å². The molecule has 4 heteroatoms. The molecule has 0 saturated heterocycles. The monoisotopic (exact) mass is 206 g/mol. The van der Waals surface area contributed by atoms with Crippen LogP contribution in [-0.4, -0.2) is 16.5 Å². The van der Waals surface area contributed by atoms with Gasteiger partial charge in [-0.2, -0.15) is 0 Å². The zero-order chi connectivity index (χ0) is 11.5. The van der Waals surface area contributed by atoms with Crippen molar-refractivity contribution in [3.8, 4) is 0 Å². The van der Waals surface area contributed by atoms with E-state index in [-0.39, 0.29) is 5.54 Å². The highest BCUT2D eigenvalue weighted by atomic mass is 15.1. The van der Waals surface area contributed by atoms with Gasteiger partial charge in [0.15, 0.2) is 5.96 Å². The van der Waals surface area contributed by atoms with Gasteiger partial charge in [0.1, 0.15) is 0 Å². The van der Waals surface area contributed by atoms with Crippen molar-refractivity contribution < 1.29 is 0 Å². The molecule has 0 bridgehead atoms. The second-order valence-corrected chi connectivity index (χ2v) is 4.48. The summed E-state index contributed by atoms with van der Waals surface area (Å²) >= 11 is 0. The van der Waals surface area contributed by atoms with E-state index in [0.717, 1.165) is 11.3 Å². The first-order valence-electron chi connectivity index (χ1n) is 4.91. The molecule has 3 N–H and O–H groups in total. The number of nitrogens with zero attached hydrogens (tertiary/aromatic N) is 2. The number of nitrogens with one attached hydrogen (secondary N) is 1. The lowest BCUT2D eigenvalue weighted by Crippen LogP contribution is -2.27. The molecule has 1 aromatic heterocycles. The molecular formula is C11H18N4. The molecule has 0 aliphatic rings. The van der Waals surface area contributed by atoms with E-state index in [1.54, 1.807) is 12.4 Å². The van der Waals surface area contributed by atoms with Gasteiger partial charge in [-0.15, -0.1) is 0 Å². The Morgan fingerprint density at radius 3 is 2.67 bits per heavy atom. The smallest absolute Gasteiger partial charge is 0.193 e. The molecule has 0 unspecified atom stereocenters. The highest BCUT2D eigenvalue weighted by Crippen LogP contribution is 2.12. The van der Waals surface area contributed by atoms with E-state index < -0.39 is 0 Å². The molecular weight excluding hydrogens is 188 g/mol. The average Bonchev–Trinajstić information content (AvgIpc) is 2.05. The van der Waals surface area contributed by atoms with Crippen LogP contribution in [0.2, 0.25) is 0 Å². The molecule has 15 heavy (non-hydrogen) atoms. The standard InChI is InChI=1S/C11H18N4/c1-8-5-6-13-7-9(8)14-10(12)15-11(2,3)4/h5-7H,1-4H3,(H3,12,14,15).